The largest absolute Gasteiger partial charge is 0.495 e. The first-order valence-corrected chi connectivity index (χ1v) is 6.21. The molecule has 0 aliphatic heterocycles. The van der Waals surface area contributed by atoms with Gasteiger partial charge in [-0.3, -0.25) is 0 Å². The minimum Gasteiger partial charge on any atom is -0.495 e. The number of para-hydroxylation sites is 1. The summed E-state index contributed by atoms with van der Waals surface area (Å²) in [6, 6.07) is 12.4. The average molecular weight is 270 g/mol. The maximum atomic E-state index is 13.2. The van der Waals surface area contributed by atoms with E-state index in [1.165, 1.54) is 6.07 Å². The molecule has 0 unspecified atom stereocenters. The van der Waals surface area contributed by atoms with Crippen molar-refractivity contribution >= 4 is 5.69 Å². The molecule has 0 atom stereocenters. The van der Waals surface area contributed by atoms with Crippen molar-refractivity contribution in [1.82, 2.24) is 0 Å². The fourth-order valence-corrected chi connectivity index (χ4v) is 1.98. The van der Waals surface area contributed by atoms with Crippen LogP contribution in [-0.4, -0.2) is 7.11 Å². The van der Waals surface area contributed by atoms with Crippen LogP contribution in [-0.2, 0) is 6.54 Å². The molecule has 0 radical (unpaired) electrons. The van der Waals surface area contributed by atoms with E-state index in [0.29, 0.717) is 29.1 Å². The summed E-state index contributed by atoms with van der Waals surface area (Å²) in [6.07, 6.45) is 0. The molecule has 2 aromatic rings. The van der Waals surface area contributed by atoms with Gasteiger partial charge in [0.25, 0.3) is 0 Å². The summed E-state index contributed by atoms with van der Waals surface area (Å²) in [6.45, 7) is 2.22. The van der Waals surface area contributed by atoms with Gasteiger partial charge in [0.1, 0.15) is 17.6 Å². The molecule has 0 heterocycles. The maximum Gasteiger partial charge on any atom is 0.143 e. The lowest BCUT2D eigenvalue weighted by atomic mass is 10.1. The Bertz CT molecular complexity index is 662. The fourth-order valence-electron chi connectivity index (χ4n) is 1.98. The Morgan fingerprint density at radius 2 is 2.10 bits per heavy atom. The van der Waals surface area contributed by atoms with E-state index in [0.717, 1.165) is 5.56 Å². The third-order valence-corrected chi connectivity index (χ3v) is 3.06. The quantitative estimate of drug-likeness (QED) is 0.922. The first kappa shape index (κ1) is 13.9. The predicted molar refractivity (Wildman–Crippen MR) is 76.2 cm³/mol. The topological polar surface area (TPSA) is 45.0 Å². The van der Waals surface area contributed by atoms with Gasteiger partial charge >= 0.3 is 0 Å². The molecule has 0 saturated heterocycles. The van der Waals surface area contributed by atoms with Crippen LogP contribution < -0.4 is 10.1 Å². The highest BCUT2D eigenvalue weighted by Gasteiger charge is 2.08. The van der Waals surface area contributed by atoms with Crippen LogP contribution in [0.5, 0.6) is 5.75 Å². The van der Waals surface area contributed by atoms with Crippen molar-refractivity contribution < 1.29 is 9.13 Å². The van der Waals surface area contributed by atoms with Gasteiger partial charge in [-0.1, -0.05) is 18.2 Å². The third kappa shape index (κ3) is 2.89. The van der Waals surface area contributed by atoms with Crippen molar-refractivity contribution in [3.63, 3.8) is 0 Å². The van der Waals surface area contributed by atoms with Crippen molar-refractivity contribution in [3.05, 3.63) is 58.9 Å². The minimum atomic E-state index is -0.219. The number of hydrogen-bond donors (Lipinski definition) is 1. The molecule has 102 valence electrons. The smallest absolute Gasteiger partial charge is 0.143 e. The number of anilines is 1. The van der Waals surface area contributed by atoms with E-state index in [9.17, 15) is 4.39 Å². The first-order chi connectivity index (χ1) is 9.65. The van der Waals surface area contributed by atoms with Crippen LogP contribution in [0.3, 0.4) is 0 Å². The Morgan fingerprint density at radius 1 is 1.30 bits per heavy atom. The van der Waals surface area contributed by atoms with Gasteiger partial charge in [-0.15, -0.1) is 0 Å². The molecule has 0 amide bonds. The molecule has 0 saturated carbocycles. The molecular formula is C16H15FN2O. The van der Waals surface area contributed by atoms with E-state index < -0.39 is 0 Å². The molecule has 0 spiro atoms. The lowest BCUT2D eigenvalue weighted by Gasteiger charge is -2.13. The number of ether oxygens (including phenoxy) is 1. The highest BCUT2D eigenvalue weighted by atomic mass is 19.1. The molecule has 1 N–H and O–H groups in total. The van der Waals surface area contributed by atoms with E-state index in [2.05, 4.69) is 11.4 Å². The summed E-state index contributed by atoms with van der Waals surface area (Å²) in [5, 5.41) is 12.3. The summed E-state index contributed by atoms with van der Waals surface area (Å²) < 4.78 is 18.5. The van der Waals surface area contributed by atoms with Gasteiger partial charge in [0, 0.05) is 6.54 Å². The normalized spacial score (nSPS) is 9.90. The van der Waals surface area contributed by atoms with E-state index in [1.54, 1.807) is 44.4 Å². The predicted octanol–water partition coefficient (Wildman–Crippen LogP) is 3.63. The number of aryl methyl sites for hydroxylation is 1. The van der Waals surface area contributed by atoms with Crippen LogP contribution in [0.15, 0.2) is 36.4 Å². The molecule has 0 bridgehead atoms. The molecule has 2 rings (SSSR count). The van der Waals surface area contributed by atoms with E-state index in [1.807, 2.05) is 0 Å². The van der Waals surface area contributed by atoms with E-state index in [4.69, 9.17) is 10.00 Å². The summed E-state index contributed by atoms with van der Waals surface area (Å²) in [5.74, 6) is 0.395. The molecular weight excluding hydrogens is 255 g/mol. The van der Waals surface area contributed by atoms with Crippen LogP contribution in [0.2, 0.25) is 0 Å². The SMILES string of the molecule is COc1cccc(C#N)c1NCc1ccc(F)c(C)c1. The molecule has 3 nitrogen and oxygen atoms in total. The third-order valence-electron chi connectivity index (χ3n) is 3.06. The number of benzene rings is 2. The Hall–Kier alpha value is -2.54. The summed E-state index contributed by atoms with van der Waals surface area (Å²) in [4.78, 5) is 0. The van der Waals surface area contributed by atoms with Gasteiger partial charge in [-0.05, 0) is 36.2 Å². The van der Waals surface area contributed by atoms with Gasteiger partial charge in [0.05, 0.1) is 18.4 Å². The Kier molecular flexibility index (Phi) is 4.21. The van der Waals surface area contributed by atoms with Crippen molar-refractivity contribution in [3.8, 4) is 11.8 Å². The number of nitriles is 1. The van der Waals surface area contributed by atoms with Gasteiger partial charge in [0.2, 0.25) is 0 Å². The van der Waals surface area contributed by atoms with Gasteiger partial charge in [-0.25, -0.2) is 4.39 Å². The van der Waals surface area contributed by atoms with Crippen LogP contribution in [0.25, 0.3) is 0 Å². The van der Waals surface area contributed by atoms with E-state index >= 15 is 0 Å². The van der Waals surface area contributed by atoms with Crippen molar-refractivity contribution in [1.29, 1.82) is 5.26 Å². The number of rotatable bonds is 4. The van der Waals surface area contributed by atoms with Crippen LogP contribution in [0, 0.1) is 24.1 Å². The van der Waals surface area contributed by atoms with Crippen LogP contribution in [0.1, 0.15) is 16.7 Å². The first-order valence-electron chi connectivity index (χ1n) is 6.21. The standard InChI is InChI=1S/C16H15FN2O/c1-11-8-12(6-7-14(11)17)10-19-16-13(9-18)4-3-5-15(16)20-2/h3-8,19H,10H2,1-2H3. The zero-order valence-electron chi connectivity index (χ0n) is 11.4. The zero-order valence-corrected chi connectivity index (χ0v) is 11.4. The van der Waals surface area contributed by atoms with Crippen LogP contribution >= 0.6 is 0 Å². The van der Waals surface area contributed by atoms with Gasteiger partial charge < -0.3 is 10.1 Å². The van der Waals surface area contributed by atoms with Gasteiger partial charge in [0.15, 0.2) is 0 Å². The molecule has 0 aliphatic carbocycles. The van der Waals surface area contributed by atoms with Gasteiger partial charge in [-0.2, -0.15) is 5.26 Å². The zero-order chi connectivity index (χ0) is 14.5. The van der Waals surface area contributed by atoms with Crippen LogP contribution in [0.4, 0.5) is 10.1 Å². The monoisotopic (exact) mass is 270 g/mol. The summed E-state index contributed by atoms with van der Waals surface area (Å²) >= 11 is 0. The second kappa shape index (κ2) is 6.07. The Morgan fingerprint density at radius 3 is 2.75 bits per heavy atom. The molecule has 20 heavy (non-hydrogen) atoms. The Balaban J connectivity index is 2.22. The molecule has 2 aromatic carbocycles. The average Bonchev–Trinajstić information content (AvgIpc) is 2.48. The fraction of sp³-hybridized carbons (Fsp3) is 0.188. The minimum absolute atomic E-state index is 0.219. The highest BCUT2D eigenvalue weighted by molar-refractivity contribution is 5.66. The maximum absolute atomic E-state index is 13.2. The second-order valence-electron chi connectivity index (χ2n) is 4.43. The Labute approximate surface area is 117 Å². The lowest BCUT2D eigenvalue weighted by molar-refractivity contribution is 0.416. The molecule has 0 fully saturated rings. The van der Waals surface area contributed by atoms with Crippen molar-refractivity contribution in [2.24, 2.45) is 0 Å². The second-order valence-corrected chi connectivity index (χ2v) is 4.43. The lowest BCUT2D eigenvalue weighted by Crippen LogP contribution is -2.04. The number of nitrogens with zero attached hydrogens (tertiary/aromatic N) is 1. The number of nitrogens with one attached hydrogen (secondary N) is 1. The highest BCUT2D eigenvalue weighted by Crippen LogP contribution is 2.28. The number of halogens is 1. The summed E-state index contributed by atoms with van der Waals surface area (Å²) in [5.41, 5.74) is 2.71. The number of hydrogen-bond acceptors (Lipinski definition) is 3. The number of methoxy groups -OCH3 is 1. The van der Waals surface area contributed by atoms with E-state index in [-0.39, 0.29) is 5.82 Å². The van der Waals surface area contributed by atoms with Crippen molar-refractivity contribution in [2.45, 2.75) is 13.5 Å². The summed E-state index contributed by atoms with van der Waals surface area (Å²) in [7, 11) is 1.56. The molecule has 4 heteroatoms. The molecule has 0 aromatic heterocycles. The van der Waals surface area contributed by atoms with Crippen molar-refractivity contribution in [2.75, 3.05) is 12.4 Å². The molecule has 0 aliphatic rings.